The van der Waals surface area contributed by atoms with Crippen LogP contribution >= 0.6 is 0 Å². The average Bonchev–Trinajstić information content (AvgIpc) is 3.31. The van der Waals surface area contributed by atoms with Gasteiger partial charge in [-0.15, -0.1) is 0 Å². The summed E-state index contributed by atoms with van der Waals surface area (Å²) in [5.74, 6) is -2.78. The third kappa shape index (κ3) is 4.40. The Morgan fingerprint density at radius 3 is 2.20 bits per heavy atom. The molecular formula is C32H48O8. The maximum atomic E-state index is 14.6. The first kappa shape index (κ1) is 30.9. The molecule has 224 valence electrons. The lowest BCUT2D eigenvalue weighted by atomic mass is 9.59. The first-order valence-electron chi connectivity index (χ1n) is 15.2. The fourth-order valence-corrected chi connectivity index (χ4v) is 8.25. The number of carbonyl (C=O) groups excluding carboxylic acids is 3. The second-order valence-corrected chi connectivity index (χ2v) is 13.3. The van der Waals surface area contributed by atoms with Crippen molar-refractivity contribution in [1.29, 1.82) is 0 Å². The molecule has 2 fully saturated rings. The highest BCUT2D eigenvalue weighted by molar-refractivity contribution is 5.96. The van der Waals surface area contributed by atoms with E-state index in [0.717, 1.165) is 32.1 Å². The molecule has 3 N–H and O–H groups in total. The van der Waals surface area contributed by atoms with Crippen LogP contribution < -0.4 is 0 Å². The van der Waals surface area contributed by atoms with Crippen molar-refractivity contribution in [2.45, 2.75) is 123 Å². The number of fused-ring (bicyclic) bond motifs is 3. The van der Waals surface area contributed by atoms with E-state index in [4.69, 9.17) is 9.47 Å². The van der Waals surface area contributed by atoms with E-state index in [-0.39, 0.29) is 36.3 Å². The van der Waals surface area contributed by atoms with Gasteiger partial charge in [-0.25, -0.2) is 0 Å². The van der Waals surface area contributed by atoms with Gasteiger partial charge < -0.3 is 24.8 Å². The number of ketones is 1. The van der Waals surface area contributed by atoms with E-state index in [2.05, 4.69) is 6.92 Å². The summed E-state index contributed by atoms with van der Waals surface area (Å²) in [6.07, 6.45) is 6.14. The Labute approximate surface area is 238 Å². The first-order valence-corrected chi connectivity index (χ1v) is 15.2. The average molecular weight is 561 g/mol. The van der Waals surface area contributed by atoms with Crippen LogP contribution in [0.2, 0.25) is 0 Å². The van der Waals surface area contributed by atoms with Crippen molar-refractivity contribution in [2.75, 3.05) is 6.61 Å². The number of hydrogen-bond acceptors (Lipinski definition) is 8. The standard InChI is InChI=1S/C32H48O8/c1-7-9-11-13-23(33)39-18-21-15-22-25-29(5,6)31(25,40-24(34)14-12-10-8-2)17-20(4)30(28(22)37)16-19(3)26(35)32(30,38)27(21)36/h15-16,20,22,25-27,35-36,38H,7-14,17-18H2,1-6H3/t20-,22?,25+,26?,27?,30+,31+,32-/m1/s1. The van der Waals surface area contributed by atoms with Crippen LogP contribution in [0.4, 0.5) is 0 Å². The molecule has 0 aliphatic heterocycles. The second kappa shape index (κ2) is 11.0. The minimum Gasteiger partial charge on any atom is -0.461 e. The van der Waals surface area contributed by atoms with E-state index in [1.807, 2.05) is 27.7 Å². The van der Waals surface area contributed by atoms with E-state index in [1.165, 1.54) is 0 Å². The van der Waals surface area contributed by atoms with Crippen molar-refractivity contribution in [1.82, 2.24) is 0 Å². The monoisotopic (exact) mass is 560 g/mol. The first-order chi connectivity index (χ1) is 18.8. The minimum absolute atomic E-state index is 0.189. The lowest BCUT2D eigenvalue weighted by Gasteiger charge is -2.48. The van der Waals surface area contributed by atoms with Crippen LogP contribution in [0.25, 0.3) is 0 Å². The zero-order valence-electron chi connectivity index (χ0n) is 25.0. The number of esters is 2. The van der Waals surface area contributed by atoms with Crippen LogP contribution in [0.3, 0.4) is 0 Å². The molecule has 8 heteroatoms. The molecule has 4 rings (SSSR count). The predicted octanol–water partition coefficient (Wildman–Crippen LogP) is 4.19. The molecule has 0 aromatic carbocycles. The molecule has 0 radical (unpaired) electrons. The van der Waals surface area contributed by atoms with Gasteiger partial charge in [0.2, 0.25) is 0 Å². The highest BCUT2D eigenvalue weighted by Crippen LogP contribution is 2.75. The van der Waals surface area contributed by atoms with Crippen LogP contribution in [0.15, 0.2) is 23.3 Å². The Morgan fingerprint density at radius 2 is 1.60 bits per heavy atom. The second-order valence-electron chi connectivity index (χ2n) is 13.3. The zero-order valence-corrected chi connectivity index (χ0v) is 25.0. The third-order valence-electron chi connectivity index (χ3n) is 10.5. The van der Waals surface area contributed by atoms with Crippen molar-refractivity contribution in [3.05, 3.63) is 23.3 Å². The van der Waals surface area contributed by atoms with Gasteiger partial charge in [0.15, 0.2) is 5.78 Å². The number of unbranched alkanes of at least 4 members (excludes halogenated alkanes) is 4. The van der Waals surface area contributed by atoms with E-state index >= 15 is 0 Å². The van der Waals surface area contributed by atoms with E-state index in [0.29, 0.717) is 24.8 Å². The topological polar surface area (TPSA) is 130 Å². The van der Waals surface area contributed by atoms with Gasteiger partial charge in [0.05, 0.1) is 5.41 Å². The van der Waals surface area contributed by atoms with Gasteiger partial charge in [0.25, 0.3) is 0 Å². The summed E-state index contributed by atoms with van der Waals surface area (Å²) in [7, 11) is 0. The largest absolute Gasteiger partial charge is 0.461 e. The fraction of sp³-hybridized carbons (Fsp3) is 0.781. The van der Waals surface area contributed by atoms with E-state index < -0.39 is 52.0 Å². The molecule has 8 nitrogen and oxygen atoms in total. The molecule has 40 heavy (non-hydrogen) atoms. The highest BCUT2D eigenvalue weighted by atomic mass is 16.6. The molecule has 0 heterocycles. The SMILES string of the molecule is CCCCCC(=O)OCC1=CC2C(=O)[C@]3(C=C(C)C(O)[C@@]3(O)C1O)[C@H](C)C[C@]1(OC(=O)CCCCC)[C@@H]2C1(C)C. The van der Waals surface area contributed by atoms with Crippen LogP contribution in [-0.4, -0.2) is 63.1 Å². The zero-order chi connectivity index (χ0) is 29.7. The summed E-state index contributed by atoms with van der Waals surface area (Å²) in [4.78, 5) is 40.1. The van der Waals surface area contributed by atoms with Gasteiger partial charge in [-0.1, -0.05) is 72.5 Å². The number of Topliss-reactive ketones (excluding diaryl/α,β-unsaturated/α-hetero) is 1. The summed E-state index contributed by atoms with van der Waals surface area (Å²) in [5, 5.41) is 35.2. The maximum absolute atomic E-state index is 14.6. The Morgan fingerprint density at radius 1 is 1.00 bits per heavy atom. The van der Waals surface area contributed by atoms with Crippen molar-refractivity contribution in [3.8, 4) is 0 Å². The van der Waals surface area contributed by atoms with Gasteiger partial charge in [-0.2, -0.15) is 0 Å². The predicted molar refractivity (Wildman–Crippen MR) is 149 cm³/mol. The quantitative estimate of drug-likeness (QED) is 0.195. The Balaban J connectivity index is 1.76. The van der Waals surface area contributed by atoms with Gasteiger partial charge in [-0.05, 0) is 43.3 Å². The number of carbonyl (C=O) groups is 3. The van der Waals surface area contributed by atoms with Crippen molar-refractivity contribution < 1.29 is 39.2 Å². The molecule has 2 saturated carbocycles. The van der Waals surface area contributed by atoms with E-state index in [9.17, 15) is 29.7 Å². The summed E-state index contributed by atoms with van der Waals surface area (Å²) < 4.78 is 11.8. The van der Waals surface area contributed by atoms with Gasteiger partial charge in [0.1, 0.15) is 30.0 Å². The van der Waals surface area contributed by atoms with Gasteiger partial charge in [0, 0.05) is 30.1 Å². The molecule has 8 atom stereocenters. The van der Waals surface area contributed by atoms with Crippen LogP contribution in [0.5, 0.6) is 0 Å². The number of allylic oxidation sites excluding steroid dienone is 1. The summed E-state index contributed by atoms with van der Waals surface area (Å²) in [6, 6.07) is 0. The molecule has 3 unspecified atom stereocenters. The van der Waals surface area contributed by atoms with E-state index in [1.54, 1.807) is 19.1 Å². The number of rotatable bonds is 11. The molecular weight excluding hydrogens is 512 g/mol. The fourth-order valence-electron chi connectivity index (χ4n) is 8.25. The normalized spacial score (nSPS) is 39.2. The molecule has 0 aromatic rings. The Hall–Kier alpha value is -2.03. The highest BCUT2D eigenvalue weighted by Gasteiger charge is 2.83. The molecule has 1 spiro atoms. The Bertz CT molecular complexity index is 1090. The van der Waals surface area contributed by atoms with Crippen LogP contribution in [-0.2, 0) is 23.9 Å². The molecule has 0 saturated heterocycles. The number of hydrogen-bond donors (Lipinski definition) is 3. The minimum atomic E-state index is -2.25. The molecule has 4 aliphatic rings. The molecule has 0 aromatic heterocycles. The van der Waals surface area contributed by atoms with Crippen LogP contribution in [0, 0.1) is 28.6 Å². The van der Waals surface area contributed by atoms with Crippen molar-refractivity contribution >= 4 is 17.7 Å². The van der Waals surface area contributed by atoms with Crippen molar-refractivity contribution in [2.24, 2.45) is 28.6 Å². The Kier molecular flexibility index (Phi) is 8.50. The summed E-state index contributed by atoms with van der Waals surface area (Å²) in [6.45, 7) is 11.3. The third-order valence-corrected chi connectivity index (χ3v) is 10.5. The lowest BCUT2D eigenvalue weighted by molar-refractivity contribution is -0.192. The molecule has 4 aliphatic carbocycles. The smallest absolute Gasteiger partial charge is 0.306 e. The number of aliphatic hydroxyl groups excluding tert-OH is 2. The van der Waals surface area contributed by atoms with Crippen molar-refractivity contribution in [3.63, 3.8) is 0 Å². The summed E-state index contributed by atoms with van der Waals surface area (Å²) >= 11 is 0. The lowest BCUT2D eigenvalue weighted by Crippen LogP contribution is -2.65. The van der Waals surface area contributed by atoms with Crippen LogP contribution in [0.1, 0.15) is 99.3 Å². The maximum Gasteiger partial charge on any atom is 0.306 e. The number of aliphatic hydroxyl groups is 3. The van der Waals surface area contributed by atoms with Gasteiger partial charge >= 0.3 is 11.9 Å². The summed E-state index contributed by atoms with van der Waals surface area (Å²) in [5.41, 5.74) is -4.74. The number of ether oxygens (including phenoxy) is 2. The molecule has 0 amide bonds. The molecule has 2 bridgehead atoms. The van der Waals surface area contributed by atoms with Gasteiger partial charge in [-0.3, -0.25) is 14.4 Å².